The second kappa shape index (κ2) is 11.1. The lowest BCUT2D eigenvalue weighted by Crippen LogP contribution is -2.34. The topological polar surface area (TPSA) is 99.4 Å². The van der Waals surface area contributed by atoms with Gasteiger partial charge in [0.05, 0.1) is 12.2 Å². The van der Waals surface area contributed by atoms with E-state index in [2.05, 4.69) is 0 Å². The van der Waals surface area contributed by atoms with E-state index in [4.69, 9.17) is 9.47 Å². The Morgan fingerprint density at radius 2 is 1.05 bits per heavy atom. The third kappa shape index (κ3) is 4.86. The van der Waals surface area contributed by atoms with Crippen LogP contribution in [0.25, 0.3) is 0 Å². The van der Waals surface area contributed by atoms with Crippen molar-refractivity contribution >= 4 is 0 Å². The quantitative estimate of drug-likeness (QED) is 0.176. The van der Waals surface area contributed by atoms with E-state index < -0.39 is 29.3 Å². The molecule has 2 heterocycles. The zero-order valence-electron chi connectivity index (χ0n) is 25.1. The van der Waals surface area contributed by atoms with Crippen LogP contribution in [0.1, 0.15) is 90.8 Å². The summed E-state index contributed by atoms with van der Waals surface area (Å²) in [5.74, 6) is -2.02. The molecule has 0 spiro atoms. The molecule has 2 aliphatic heterocycles. The van der Waals surface area contributed by atoms with E-state index in [9.17, 15) is 29.2 Å². The zero-order chi connectivity index (χ0) is 31.5. The van der Waals surface area contributed by atoms with Crippen LogP contribution < -0.4 is 0 Å². The molecule has 0 saturated heterocycles. The number of rotatable bonds is 5. The number of phenols is 4. The minimum Gasteiger partial charge on any atom is -0.504 e. The van der Waals surface area contributed by atoms with Crippen molar-refractivity contribution < 1.29 is 38.7 Å². The summed E-state index contributed by atoms with van der Waals surface area (Å²) in [7, 11) is 0. The molecule has 0 fully saturated rings. The van der Waals surface area contributed by atoms with Crippen LogP contribution in [0.5, 0.6) is 23.0 Å². The second-order valence-electron chi connectivity index (χ2n) is 12.2. The summed E-state index contributed by atoms with van der Waals surface area (Å²) in [6.07, 6.45) is -0.613. The van der Waals surface area contributed by atoms with Gasteiger partial charge in [-0.25, -0.2) is 8.78 Å². The molecule has 0 bridgehead atoms. The Labute approximate surface area is 255 Å². The van der Waals surface area contributed by atoms with Gasteiger partial charge in [0.25, 0.3) is 0 Å². The standard InChI is InChI=1S/C36H36F2O6/c1-5-36(4,26-16-28(39)32(41)30-24(26)14-18(2)43-34(30)20-6-10-22(37)11-7-20)27-17-29(40)33(42)31-25(27)15-19(3)44-35(31)21-8-12-23(38)13-9-21/h6-13,16-19,34-35,39-42H,5,14-15H2,1-4H3/t18-,19-,34?,35?,36?/m0/s1. The molecule has 44 heavy (non-hydrogen) atoms. The summed E-state index contributed by atoms with van der Waals surface area (Å²) in [4.78, 5) is 0. The molecule has 6 rings (SSSR count). The van der Waals surface area contributed by atoms with Crippen molar-refractivity contribution in [3.8, 4) is 23.0 Å². The summed E-state index contributed by atoms with van der Waals surface area (Å²) < 4.78 is 40.2. The number of aromatic hydroxyl groups is 4. The third-order valence-electron chi connectivity index (χ3n) is 9.34. The minimum absolute atomic E-state index is 0.264. The van der Waals surface area contributed by atoms with E-state index in [-0.39, 0.29) is 35.2 Å². The predicted molar refractivity (Wildman–Crippen MR) is 161 cm³/mol. The highest BCUT2D eigenvalue weighted by Gasteiger charge is 2.42. The number of phenolic OH excluding ortho intramolecular Hbond substituents is 4. The smallest absolute Gasteiger partial charge is 0.163 e. The van der Waals surface area contributed by atoms with Crippen LogP contribution in [0.2, 0.25) is 0 Å². The maximum absolute atomic E-state index is 13.8. The van der Waals surface area contributed by atoms with E-state index in [0.717, 1.165) is 22.3 Å². The summed E-state index contributed by atoms with van der Waals surface area (Å²) in [5.41, 5.74) is 4.38. The number of hydrogen-bond donors (Lipinski definition) is 4. The van der Waals surface area contributed by atoms with Crippen LogP contribution in [0.15, 0.2) is 60.7 Å². The highest BCUT2D eigenvalue weighted by molar-refractivity contribution is 5.64. The van der Waals surface area contributed by atoms with Crippen molar-refractivity contribution in [1.29, 1.82) is 0 Å². The maximum Gasteiger partial charge on any atom is 0.163 e. The lowest BCUT2D eigenvalue weighted by molar-refractivity contribution is 0.00478. The summed E-state index contributed by atoms with van der Waals surface area (Å²) in [6, 6.07) is 14.9. The SMILES string of the molecule is CCC(C)(c1cc(O)c(O)c2c1C[C@H](C)OC2c1ccc(F)cc1)c1cc(O)c(O)c2c1C[C@H](C)OC2c1ccc(F)cc1. The average Bonchev–Trinajstić information content (AvgIpc) is 3.00. The van der Waals surface area contributed by atoms with Gasteiger partial charge in [0, 0.05) is 16.5 Å². The first kappa shape index (κ1) is 29.9. The molecule has 4 aromatic carbocycles. The minimum atomic E-state index is -0.820. The second-order valence-corrected chi connectivity index (χ2v) is 12.2. The van der Waals surface area contributed by atoms with Crippen LogP contribution in [0.3, 0.4) is 0 Å². The van der Waals surface area contributed by atoms with E-state index in [1.165, 1.54) is 24.3 Å². The zero-order valence-corrected chi connectivity index (χ0v) is 25.1. The Morgan fingerprint density at radius 1 is 0.682 bits per heavy atom. The fourth-order valence-corrected chi connectivity index (χ4v) is 6.99. The van der Waals surface area contributed by atoms with E-state index in [0.29, 0.717) is 41.5 Å². The number of fused-ring (bicyclic) bond motifs is 2. The first-order valence-corrected chi connectivity index (χ1v) is 14.9. The molecule has 0 aliphatic carbocycles. The van der Waals surface area contributed by atoms with Crippen molar-refractivity contribution in [1.82, 2.24) is 0 Å². The fraction of sp³-hybridized carbons (Fsp3) is 0.333. The van der Waals surface area contributed by atoms with Gasteiger partial charge in [-0.05, 0) is 103 Å². The van der Waals surface area contributed by atoms with E-state index in [1.807, 2.05) is 27.7 Å². The normalized spacial score (nSPS) is 22.6. The van der Waals surface area contributed by atoms with Crippen molar-refractivity contribution in [3.63, 3.8) is 0 Å². The maximum atomic E-state index is 13.8. The summed E-state index contributed by atoms with van der Waals surface area (Å²) in [5, 5.41) is 44.7. The Bertz CT molecular complexity index is 1590. The van der Waals surface area contributed by atoms with Crippen molar-refractivity contribution in [2.24, 2.45) is 0 Å². The van der Waals surface area contributed by atoms with Gasteiger partial charge in [-0.1, -0.05) is 38.1 Å². The van der Waals surface area contributed by atoms with Gasteiger partial charge in [-0.15, -0.1) is 0 Å². The lowest BCUT2D eigenvalue weighted by atomic mass is 9.67. The van der Waals surface area contributed by atoms with Gasteiger partial charge in [-0.2, -0.15) is 0 Å². The molecule has 4 atom stereocenters. The predicted octanol–water partition coefficient (Wildman–Crippen LogP) is 7.60. The largest absolute Gasteiger partial charge is 0.504 e. The monoisotopic (exact) mass is 602 g/mol. The molecule has 0 saturated carbocycles. The number of benzene rings is 4. The molecule has 230 valence electrons. The summed E-state index contributed by atoms with van der Waals surface area (Å²) in [6.45, 7) is 7.88. The van der Waals surface area contributed by atoms with Crippen molar-refractivity contribution in [2.45, 2.75) is 76.8 Å². The Kier molecular flexibility index (Phi) is 7.54. The van der Waals surface area contributed by atoms with Gasteiger partial charge >= 0.3 is 0 Å². The van der Waals surface area contributed by atoms with Gasteiger partial charge in [0.2, 0.25) is 0 Å². The Balaban J connectivity index is 1.60. The molecule has 6 nitrogen and oxygen atoms in total. The lowest BCUT2D eigenvalue weighted by Gasteiger charge is -2.41. The number of halogens is 2. The van der Waals surface area contributed by atoms with Crippen molar-refractivity contribution in [3.05, 3.63) is 117 Å². The molecular weight excluding hydrogens is 566 g/mol. The first-order valence-electron chi connectivity index (χ1n) is 14.9. The molecule has 0 radical (unpaired) electrons. The van der Waals surface area contributed by atoms with Crippen molar-refractivity contribution in [2.75, 3.05) is 0 Å². The summed E-state index contributed by atoms with van der Waals surface area (Å²) >= 11 is 0. The number of ether oxygens (including phenoxy) is 2. The Morgan fingerprint density at radius 3 is 1.39 bits per heavy atom. The molecule has 0 aromatic heterocycles. The average molecular weight is 603 g/mol. The molecule has 2 aliphatic rings. The van der Waals surface area contributed by atoms with Gasteiger partial charge in [-0.3, -0.25) is 0 Å². The number of hydrogen-bond acceptors (Lipinski definition) is 6. The third-order valence-corrected chi connectivity index (χ3v) is 9.34. The van der Waals surface area contributed by atoms with E-state index >= 15 is 0 Å². The molecule has 4 aromatic rings. The van der Waals surface area contributed by atoms with Gasteiger partial charge in [0.1, 0.15) is 23.8 Å². The Hall–Kier alpha value is -4.14. The van der Waals surface area contributed by atoms with Crippen LogP contribution in [-0.2, 0) is 27.7 Å². The molecule has 0 amide bonds. The molecular formula is C36H36F2O6. The highest BCUT2D eigenvalue weighted by atomic mass is 19.1. The fourth-order valence-electron chi connectivity index (χ4n) is 6.99. The van der Waals surface area contributed by atoms with Crippen LogP contribution in [0.4, 0.5) is 8.78 Å². The molecule has 2 unspecified atom stereocenters. The molecule has 8 heteroatoms. The molecule has 4 N–H and O–H groups in total. The van der Waals surface area contributed by atoms with Crippen LogP contribution in [-0.4, -0.2) is 32.6 Å². The van der Waals surface area contributed by atoms with E-state index in [1.54, 1.807) is 36.4 Å². The first-order chi connectivity index (χ1) is 20.9. The van der Waals surface area contributed by atoms with Crippen LogP contribution >= 0.6 is 0 Å². The van der Waals surface area contributed by atoms with Gasteiger partial charge in [0.15, 0.2) is 23.0 Å². The van der Waals surface area contributed by atoms with Gasteiger partial charge < -0.3 is 29.9 Å². The van der Waals surface area contributed by atoms with Crippen LogP contribution in [0, 0.1) is 11.6 Å². The highest BCUT2D eigenvalue weighted by Crippen LogP contribution is 2.54.